The maximum atomic E-state index is 13.6. The monoisotopic (exact) mass is 388 g/mol. The van der Waals surface area contributed by atoms with Gasteiger partial charge in [0.05, 0.1) is 11.4 Å². The Balaban J connectivity index is 1.63. The number of benzene rings is 2. The number of anilines is 1. The number of amides is 1. The highest BCUT2D eigenvalue weighted by atomic mass is 32.2. The van der Waals surface area contributed by atoms with Gasteiger partial charge in [-0.1, -0.05) is 42.1 Å². The van der Waals surface area contributed by atoms with Gasteiger partial charge in [-0.3, -0.25) is 4.79 Å². The van der Waals surface area contributed by atoms with Crippen molar-refractivity contribution in [2.45, 2.75) is 25.0 Å². The number of thioether (sulfide) groups is 1. The van der Waals surface area contributed by atoms with E-state index in [1.54, 1.807) is 0 Å². The van der Waals surface area contributed by atoms with Crippen molar-refractivity contribution in [2.75, 3.05) is 11.1 Å². The highest BCUT2D eigenvalue weighted by Crippen LogP contribution is 2.20. The van der Waals surface area contributed by atoms with Crippen LogP contribution in [0.4, 0.5) is 14.5 Å². The second-order valence-electron chi connectivity index (χ2n) is 5.77. The SMILES string of the molecule is CCn1c(Cc2ccccc2)nnc1SCC(=O)Nc1ccc(F)cc1F. The molecule has 0 saturated heterocycles. The highest BCUT2D eigenvalue weighted by molar-refractivity contribution is 7.99. The lowest BCUT2D eigenvalue weighted by Crippen LogP contribution is -2.15. The van der Waals surface area contributed by atoms with Gasteiger partial charge in [-0.25, -0.2) is 8.78 Å². The number of hydrogen-bond donors (Lipinski definition) is 1. The fraction of sp³-hybridized carbons (Fsp3) is 0.211. The molecule has 0 aliphatic rings. The minimum absolute atomic E-state index is 0.0420. The molecule has 2 aromatic carbocycles. The Labute approximate surface area is 159 Å². The summed E-state index contributed by atoms with van der Waals surface area (Å²) >= 11 is 1.22. The van der Waals surface area contributed by atoms with E-state index in [2.05, 4.69) is 15.5 Å². The molecule has 1 heterocycles. The average molecular weight is 388 g/mol. The van der Waals surface area contributed by atoms with Gasteiger partial charge in [0.25, 0.3) is 0 Å². The Morgan fingerprint density at radius 3 is 2.63 bits per heavy atom. The Bertz CT molecular complexity index is 931. The van der Waals surface area contributed by atoms with Crippen molar-refractivity contribution < 1.29 is 13.6 Å². The van der Waals surface area contributed by atoms with Crippen LogP contribution in [0, 0.1) is 11.6 Å². The van der Waals surface area contributed by atoms with Crippen LogP contribution in [0.15, 0.2) is 53.7 Å². The van der Waals surface area contributed by atoms with Crippen LogP contribution in [0.25, 0.3) is 0 Å². The summed E-state index contributed by atoms with van der Waals surface area (Å²) in [5, 5.41) is 11.4. The molecule has 0 aliphatic carbocycles. The van der Waals surface area contributed by atoms with Crippen molar-refractivity contribution in [3.8, 4) is 0 Å². The van der Waals surface area contributed by atoms with Gasteiger partial charge in [0.15, 0.2) is 5.16 Å². The molecule has 0 fully saturated rings. The number of hydrogen-bond acceptors (Lipinski definition) is 4. The quantitative estimate of drug-likeness (QED) is 0.624. The summed E-state index contributed by atoms with van der Waals surface area (Å²) in [6.07, 6.45) is 0.648. The van der Waals surface area contributed by atoms with Gasteiger partial charge in [0.2, 0.25) is 5.91 Å². The summed E-state index contributed by atoms with van der Waals surface area (Å²) in [6, 6.07) is 12.9. The van der Waals surface area contributed by atoms with Crippen LogP contribution in [0.3, 0.4) is 0 Å². The molecular weight excluding hydrogens is 370 g/mol. The molecule has 0 aliphatic heterocycles. The standard InChI is InChI=1S/C19H18F2N4OS/c1-2-25-17(10-13-6-4-3-5-7-13)23-24-19(25)27-12-18(26)22-16-9-8-14(20)11-15(16)21/h3-9,11H,2,10,12H2,1H3,(H,22,26). The molecule has 140 valence electrons. The molecule has 3 aromatic rings. The van der Waals surface area contributed by atoms with Gasteiger partial charge in [0, 0.05) is 19.0 Å². The topological polar surface area (TPSA) is 59.8 Å². The number of carbonyl (C=O) groups is 1. The third kappa shape index (κ3) is 4.91. The summed E-state index contributed by atoms with van der Waals surface area (Å²) < 4.78 is 28.5. The van der Waals surface area contributed by atoms with Gasteiger partial charge in [-0.2, -0.15) is 0 Å². The summed E-state index contributed by atoms with van der Waals surface area (Å²) in [4.78, 5) is 12.1. The minimum atomic E-state index is -0.810. The third-order valence-electron chi connectivity index (χ3n) is 3.85. The Morgan fingerprint density at radius 2 is 1.93 bits per heavy atom. The van der Waals surface area contributed by atoms with Crippen LogP contribution >= 0.6 is 11.8 Å². The zero-order valence-electron chi connectivity index (χ0n) is 14.7. The van der Waals surface area contributed by atoms with Gasteiger partial charge in [0.1, 0.15) is 17.5 Å². The van der Waals surface area contributed by atoms with E-state index in [0.717, 1.165) is 23.5 Å². The Hall–Kier alpha value is -2.74. The Kier molecular flexibility index (Phi) is 6.18. The van der Waals surface area contributed by atoms with E-state index in [1.807, 2.05) is 41.8 Å². The molecule has 1 aromatic heterocycles. The largest absolute Gasteiger partial charge is 0.323 e. The normalized spacial score (nSPS) is 10.8. The fourth-order valence-electron chi connectivity index (χ4n) is 2.56. The number of rotatable bonds is 7. The van der Waals surface area contributed by atoms with Crippen LogP contribution < -0.4 is 5.32 Å². The smallest absolute Gasteiger partial charge is 0.234 e. The van der Waals surface area contributed by atoms with E-state index in [9.17, 15) is 13.6 Å². The van der Waals surface area contributed by atoms with Crippen LogP contribution in [0.1, 0.15) is 18.3 Å². The summed E-state index contributed by atoms with van der Waals surface area (Å²) in [6.45, 7) is 2.65. The molecule has 1 amide bonds. The molecule has 0 atom stereocenters. The zero-order valence-corrected chi connectivity index (χ0v) is 15.5. The lowest BCUT2D eigenvalue weighted by molar-refractivity contribution is -0.113. The van der Waals surface area contributed by atoms with E-state index < -0.39 is 17.5 Å². The molecule has 0 spiro atoms. The number of aromatic nitrogens is 3. The Morgan fingerprint density at radius 1 is 1.15 bits per heavy atom. The molecule has 8 heteroatoms. The molecule has 1 N–H and O–H groups in total. The van der Waals surface area contributed by atoms with E-state index >= 15 is 0 Å². The lowest BCUT2D eigenvalue weighted by Gasteiger charge is -2.08. The first-order valence-corrected chi connectivity index (χ1v) is 9.39. The third-order valence-corrected chi connectivity index (χ3v) is 4.82. The van der Waals surface area contributed by atoms with Gasteiger partial charge in [-0.15, -0.1) is 10.2 Å². The minimum Gasteiger partial charge on any atom is -0.323 e. The molecular formula is C19H18F2N4OS. The predicted molar refractivity (Wildman–Crippen MR) is 101 cm³/mol. The van der Waals surface area contributed by atoms with Crippen molar-refractivity contribution in [3.05, 3.63) is 71.6 Å². The number of nitrogens with one attached hydrogen (secondary N) is 1. The first-order valence-electron chi connectivity index (χ1n) is 8.40. The average Bonchev–Trinajstić information content (AvgIpc) is 3.04. The van der Waals surface area contributed by atoms with Crippen molar-refractivity contribution in [1.82, 2.24) is 14.8 Å². The van der Waals surface area contributed by atoms with Crippen molar-refractivity contribution >= 4 is 23.4 Å². The van der Waals surface area contributed by atoms with Crippen molar-refractivity contribution in [2.24, 2.45) is 0 Å². The van der Waals surface area contributed by atoms with Crippen molar-refractivity contribution in [1.29, 1.82) is 0 Å². The van der Waals surface area contributed by atoms with E-state index in [-0.39, 0.29) is 11.4 Å². The second kappa shape index (κ2) is 8.77. The predicted octanol–water partition coefficient (Wildman–Crippen LogP) is 3.90. The maximum absolute atomic E-state index is 13.6. The summed E-state index contributed by atoms with van der Waals surface area (Å²) in [7, 11) is 0. The first-order chi connectivity index (χ1) is 13.1. The van der Waals surface area contributed by atoms with Crippen LogP contribution in [0.2, 0.25) is 0 Å². The maximum Gasteiger partial charge on any atom is 0.234 e. The molecule has 0 unspecified atom stereocenters. The van der Waals surface area contributed by atoms with E-state index in [4.69, 9.17) is 0 Å². The van der Waals surface area contributed by atoms with Gasteiger partial charge >= 0.3 is 0 Å². The van der Waals surface area contributed by atoms with Crippen LogP contribution in [0.5, 0.6) is 0 Å². The van der Waals surface area contributed by atoms with Crippen molar-refractivity contribution in [3.63, 3.8) is 0 Å². The first kappa shape index (κ1) is 19.0. The molecule has 27 heavy (non-hydrogen) atoms. The lowest BCUT2D eigenvalue weighted by atomic mass is 10.1. The second-order valence-corrected chi connectivity index (χ2v) is 6.71. The van der Waals surface area contributed by atoms with E-state index in [1.165, 1.54) is 17.8 Å². The molecule has 5 nitrogen and oxygen atoms in total. The summed E-state index contributed by atoms with van der Waals surface area (Å²) in [5.41, 5.74) is 1.07. The molecule has 0 saturated carbocycles. The number of carbonyl (C=O) groups excluding carboxylic acids is 1. The number of halogens is 2. The summed E-state index contributed by atoms with van der Waals surface area (Å²) in [5.74, 6) is -1.05. The highest BCUT2D eigenvalue weighted by Gasteiger charge is 2.14. The van der Waals surface area contributed by atoms with Crippen LogP contribution in [-0.4, -0.2) is 26.4 Å². The molecule has 0 bridgehead atoms. The van der Waals surface area contributed by atoms with Crippen LogP contribution in [-0.2, 0) is 17.8 Å². The van der Waals surface area contributed by atoms with Gasteiger partial charge in [-0.05, 0) is 24.6 Å². The zero-order chi connectivity index (χ0) is 19.2. The molecule has 0 radical (unpaired) electrons. The van der Waals surface area contributed by atoms with E-state index in [0.29, 0.717) is 18.1 Å². The number of nitrogens with zero attached hydrogens (tertiary/aromatic N) is 3. The molecule has 3 rings (SSSR count). The van der Waals surface area contributed by atoms with Gasteiger partial charge < -0.3 is 9.88 Å². The fourth-order valence-corrected chi connectivity index (χ4v) is 3.38.